The zero-order valence-corrected chi connectivity index (χ0v) is 11.1. The second kappa shape index (κ2) is 6.90. The lowest BCUT2D eigenvalue weighted by atomic mass is 10.0. The Labute approximate surface area is 116 Å². The van der Waals surface area contributed by atoms with Crippen molar-refractivity contribution >= 4 is 6.29 Å². The maximum atomic E-state index is 12.9. The van der Waals surface area contributed by atoms with Gasteiger partial charge in [0.2, 0.25) is 0 Å². The van der Waals surface area contributed by atoms with E-state index in [4.69, 9.17) is 9.47 Å². The number of hydrogen-bond acceptors (Lipinski definition) is 3. The molecule has 1 aliphatic heterocycles. The largest absolute Gasteiger partial charge is 0.375 e. The van der Waals surface area contributed by atoms with Crippen LogP contribution in [0, 0.1) is 0 Å². The van der Waals surface area contributed by atoms with Crippen LogP contribution in [0.2, 0.25) is 0 Å². The van der Waals surface area contributed by atoms with Gasteiger partial charge in [-0.2, -0.15) is 8.78 Å². The van der Waals surface area contributed by atoms with Crippen molar-refractivity contribution in [1.29, 1.82) is 0 Å². The Morgan fingerprint density at radius 1 is 1.30 bits per heavy atom. The minimum atomic E-state index is -3.29. The third kappa shape index (κ3) is 4.65. The first-order valence-corrected chi connectivity index (χ1v) is 6.70. The number of carbonyl (C=O) groups excluding carboxylic acids is 1. The molecule has 1 aromatic carbocycles. The molecule has 0 bridgehead atoms. The highest BCUT2D eigenvalue weighted by molar-refractivity contribution is 5.59. The Hall–Kier alpha value is -1.33. The van der Waals surface area contributed by atoms with Crippen molar-refractivity contribution in [2.75, 3.05) is 6.61 Å². The first-order valence-electron chi connectivity index (χ1n) is 6.70. The van der Waals surface area contributed by atoms with Crippen LogP contribution >= 0.6 is 0 Å². The van der Waals surface area contributed by atoms with Crippen LogP contribution in [0.5, 0.6) is 0 Å². The fourth-order valence-electron chi connectivity index (χ4n) is 2.21. The van der Waals surface area contributed by atoms with Crippen molar-refractivity contribution in [2.45, 2.75) is 44.0 Å². The summed E-state index contributed by atoms with van der Waals surface area (Å²) in [6.45, 7) is 0.788. The second-order valence-electron chi connectivity index (χ2n) is 5.03. The van der Waals surface area contributed by atoms with Crippen LogP contribution in [-0.2, 0) is 20.9 Å². The van der Waals surface area contributed by atoms with Crippen LogP contribution in [0.3, 0.4) is 0 Å². The lowest BCUT2D eigenvalue weighted by Gasteiger charge is -2.30. The maximum Gasteiger partial charge on any atom is 0.304 e. The van der Waals surface area contributed by atoms with Crippen LogP contribution < -0.4 is 0 Å². The number of halogens is 2. The minimum absolute atomic E-state index is 0.0729. The highest BCUT2D eigenvalue weighted by atomic mass is 19.3. The van der Waals surface area contributed by atoms with Crippen LogP contribution in [0.15, 0.2) is 30.3 Å². The molecule has 1 saturated heterocycles. The summed E-state index contributed by atoms with van der Waals surface area (Å²) in [7, 11) is 0. The van der Waals surface area contributed by atoms with Crippen LogP contribution in [0.4, 0.5) is 8.78 Å². The molecule has 0 amide bonds. The zero-order valence-electron chi connectivity index (χ0n) is 11.1. The van der Waals surface area contributed by atoms with E-state index >= 15 is 0 Å². The van der Waals surface area contributed by atoms with Crippen molar-refractivity contribution in [3.05, 3.63) is 35.9 Å². The molecule has 0 unspecified atom stereocenters. The van der Waals surface area contributed by atoms with Crippen LogP contribution in [0.1, 0.15) is 24.8 Å². The second-order valence-corrected chi connectivity index (χ2v) is 5.03. The molecule has 1 heterocycles. The van der Waals surface area contributed by atoms with Gasteiger partial charge < -0.3 is 9.47 Å². The molecule has 110 valence electrons. The molecule has 20 heavy (non-hydrogen) atoms. The molecule has 0 radical (unpaired) electrons. The van der Waals surface area contributed by atoms with Crippen molar-refractivity contribution in [1.82, 2.24) is 0 Å². The normalized spacial score (nSPS) is 23.5. The SMILES string of the molecule is O=CC(F)(F)C[C@H]1CC[C@H](OCc2ccccc2)CO1. The molecular formula is C15H18F2O3. The smallest absolute Gasteiger partial charge is 0.304 e. The van der Waals surface area contributed by atoms with Gasteiger partial charge in [-0.3, -0.25) is 4.79 Å². The monoisotopic (exact) mass is 284 g/mol. The molecule has 1 fully saturated rings. The van der Waals surface area contributed by atoms with Gasteiger partial charge in [-0.1, -0.05) is 30.3 Å². The fraction of sp³-hybridized carbons (Fsp3) is 0.533. The average molecular weight is 284 g/mol. The van der Waals surface area contributed by atoms with Gasteiger partial charge in [-0.15, -0.1) is 0 Å². The van der Waals surface area contributed by atoms with Gasteiger partial charge in [0.05, 0.1) is 25.4 Å². The Morgan fingerprint density at radius 3 is 2.65 bits per heavy atom. The minimum Gasteiger partial charge on any atom is -0.375 e. The Kier molecular flexibility index (Phi) is 5.20. The van der Waals surface area contributed by atoms with E-state index in [1.54, 1.807) is 0 Å². The van der Waals surface area contributed by atoms with Crippen molar-refractivity contribution in [3.63, 3.8) is 0 Å². The van der Waals surface area contributed by atoms with Gasteiger partial charge in [-0.05, 0) is 18.4 Å². The predicted octanol–water partition coefficient (Wildman–Crippen LogP) is 2.98. The first kappa shape index (κ1) is 15.1. The lowest BCUT2D eigenvalue weighted by Crippen LogP contribution is -2.35. The molecule has 1 aliphatic rings. The molecule has 0 aromatic heterocycles. The number of hydrogen-bond donors (Lipinski definition) is 0. The molecule has 0 N–H and O–H groups in total. The summed E-state index contributed by atoms with van der Waals surface area (Å²) in [5.74, 6) is -3.29. The average Bonchev–Trinajstić information content (AvgIpc) is 2.47. The van der Waals surface area contributed by atoms with E-state index < -0.39 is 18.4 Å². The fourth-order valence-corrected chi connectivity index (χ4v) is 2.21. The van der Waals surface area contributed by atoms with Gasteiger partial charge >= 0.3 is 5.92 Å². The molecule has 0 aliphatic carbocycles. The van der Waals surface area contributed by atoms with E-state index in [1.165, 1.54) is 0 Å². The highest BCUT2D eigenvalue weighted by Crippen LogP contribution is 2.26. The highest BCUT2D eigenvalue weighted by Gasteiger charge is 2.34. The summed E-state index contributed by atoms with van der Waals surface area (Å²) in [5, 5.41) is 0. The summed E-state index contributed by atoms with van der Waals surface area (Å²) in [5.41, 5.74) is 1.07. The number of rotatable bonds is 6. The maximum absolute atomic E-state index is 12.9. The quantitative estimate of drug-likeness (QED) is 0.753. The number of carbonyl (C=O) groups is 1. The molecule has 1 aromatic rings. The van der Waals surface area contributed by atoms with E-state index in [-0.39, 0.29) is 12.4 Å². The Balaban J connectivity index is 1.70. The molecular weight excluding hydrogens is 266 g/mol. The van der Waals surface area contributed by atoms with Gasteiger partial charge in [0.15, 0.2) is 6.29 Å². The topological polar surface area (TPSA) is 35.5 Å². The van der Waals surface area contributed by atoms with Gasteiger partial charge in [-0.25, -0.2) is 0 Å². The van der Waals surface area contributed by atoms with E-state index in [2.05, 4.69) is 0 Å². The third-order valence-corrected chi connectivity index (χ3v) is 3.33. The van der Waals surface area contributed by atoms with Crippen molar-refractivity contribution < 1.29 is 23.0 Å². The molecule has 2 atom stereocenters. The van der Waals surface area contributed by atoms with E-state index in [0.717, 1.165) is 5.56 Å². The summed E-state index contributed by atoms with van der Waals surface area (Å²) in [6, 6.07) is 9.75. The molecule has 0 saturated carbocycles. The van der Waals surface area contributed by atoms with E-state index in [1.807, 2.05) is 30.3 Å². The van der Waals surface area contributed by atoms with Gasteiger partial charge in [0.1, 0.15) is 0 Å². The predicted molar refractivity (Wildman–Crippen MR) is 69.6 cm³/mol. The number of alkyl halides is 2. The Morgan fingerprint density at radius 2 is 2.05 bits per heavy atom. The summed E-state index contributed by atoms with van der Waals surface area (Å²) in [4.78, 5) is 10.2. The van der Waals surface area contributed by atoms with Crippen molar-refractivity contribution in [3.8, 4) is 0 Å². The summed E-state index contributed by atoms with van der Waals surface area (Å²) in [6.07, 6.45) is -0.325. The lowest BCUT2D eigenvalue weighted by molar-refractivity contribution is -0.143. The van der Waals surface area contributed by atoms with Gasteiger partial charge in [0.25, 0.3) is 0 Å². The summed E-state index contributed by atoms with van der Waals surface area (Å²) < 4.78 is 36.9. The van der Waals surface area contributed by atoms with Gasteiger partial charge in [0, 0.05) is 6.42 Å². The Bertz CT molecular complexity index is 414. The first-order chi connectivity index (χ1) is 9.59. The van der Waals surface area contributed by atoms with Crippen LogP contribution in [-0.4, -0.2) is 31.0 Å². The van der Waals surface area contributed by atoms with E-state index in [9.17, 15) is 13.6 Å². The number of aldehydes is 1. The van der Waals surface area contributed by atoms with Crippen LogP contribution in [0.25, 0.3) is 0 Å². The molecule has 0 spiro atoms. The molecule has 5 heteroatoms. The number of benzene rings is 1. The molecule has 2 rings (SSSR count). The van der Waals surface area contributed by atoms with Crippen molar-refractivity contribution in [2.24, 2.45) is 0 Å². The molecule has 3 nitrogen and oxygen atoms in total. The standard InChI is InChI=1S/C15H18F2O3/c16-15(17,11-18)8-13-6-7-14(10-20-13)19-9-12-4-2-1-3-5-12/h1-5,11,13-14H,6-10H2/t13-,14+/m1/s1. The number of ether oxygens (including phenoxy) is 2. The summed E-state index contributed by atoms with van der Waals surface area (Å²) >= 11 is 0. The third-order valence-electron chi connectivity index (χ3n) is 3.33. The zero-order chi connectivity index (χ0) is 14.4. The van der Waals surface area contributed by atoms with E-state index in [0.29, 0.717) is 26.1 Å².